The Bertz CT molecular complexity index is 1030. The van der Waals surface area contributed by atoms with Gasteiger partial charge in [-0.25, -0.2) is 0 Å². The molecule has 0 aromatic rings. The van der Waals surface area contributed by atoms with Crippen LogP contribution in [-0.4, -0.2) is 53.2 Å². The van der Waals surface area contributed by atoms with E-state index in [1.807, 2.05) is 53.4 Å². The summed E-state index contributed by atoms with van der Waals surface area (Å²) >= 11 is 0. The van der Waals surface area contributed by atoms with Crippen LogP contribution in [0.15, 0.2) is 0 Å². The molecule has 0 bridgehead atoms. The predicted octanol–water partition coefficient (Wildman–Crippen LogP) is 5.99. The second kappa shape index (κ2) is 12.2. The SMILES string of the molecule is CC(=O)CC(=O)OC(C(C)C)C(C)C(C)(C)C1C(=O)OC(=O)C1C(C)(C)C(C)(C)C(CC(C)(C)C)N1CCCC1=O. The van der Waals surface area contributed by atoms with Gasteiger partial charge in [-0.05, 0) is 53.3 Å². The minimum Gasteiger partial charge on any atom is -0.461 e. The van der Waals surface area contributed by atoms with Gasteiger partial charge < -0.3 is 14.4 Å². The zero-order chi connectivity index (χ0) is 31.9. The number of ketones is 1. The van der Waals surface area contributed by atoms with Gasteiger partial charge in [0, 0.05) is 19.0 Å². The first-order valence-electron chi connectivity index (χ1n) is 15.2. The molecule has 2 heterocycles. The number of ether oxygens (including phenoxy) is 2. The summed E-state index contributed by atoms with van der Waals surface area (Å²) in [5.41, 5.74) is -2.21. The summed E-state index contributed by atoms with van der Waals surface area (Å²) < 4.78 is 11.2. The van der Waals surface area contributed by atoms with Gasteiger partial charge in [0.15, 0.2) is 0 Å². The number of hydrogen-bond donors (Lipinski definition) is 0. The maximum atomic E-state index is 13.6. The molecule has 8 heteroatoms. The van der Waals surface area contributed by atoms with Gasteiger partial charge in [-0.1, -0.05) is 83.1 Å². The maximum Gasteiger partial charge on any atom is 0.318 e. The van der Waals surface area contributed by atoms with Crippen LogP contribution in [-0.2, 0) is 33.4 Å². The maximum absolute atomic E-state index is 13.6. The Balaban J connectivity index is 2.57. The highest BCUT2D eigenvalue weighted by Crippen LogP contribution is 2.59. The van der Waals surface area contributed by atoms with Crippen molar-refractivity contribution in [1.29, 1.82) is 0 Å². The van der Waals surface area contributed by atoms with Crippen LogP contribution < -0.4 is 0 Å². The molecule has 5 unspecified atom stereocenters. The zero-order valence-corrected chi connectivity index (χ0v) is 27.8. The molecule has 41 heavy (non-hydrogen) atoms. The van der Waals surface area contributed by atoms with E-state index in [1.165, 1.54) is 6.92 Å². The smallest absolute Gasteiger partial charge is 0.318 e. The lowest BCUT2D eigenvalue weighted by Gasteiger charge is -2.55. The molecule has 234 valence electrons. The molecular formula is C33H55NO7. The van der Waals surface area contributed by atoms with Crippen molar-refractivity contribution >= 4 is 29.6 Å². The Morgan fingerprint density at radius 1 is 0.927 bits per heavy atom. The van der Waals surface area contributed by atoms with Gasteiger partial charge in [-0.3, -0.25) is 24.0 Å². The molecule has 2 rings (SSSR count). The third-order valence-electron chi connectivity index (χ3n) is 10.4. The van der Waals surface area contributed by atoms with Crippen molar-refractivity contribution in [3.05, 3.63) is 0 Å². The van der Waals surface area contributed by atoms with Crippen molar-refractivity contribution in [3.8, 4) is 0 Å². The first-order chi connectivity index (χ1) is 18.5. The van der Waals surface area contributed by atoms with Gasteiger partial charge in [-0.15, -0.1) is 0 Å². The quantitative estimate of drug-likeness (QED) is 0.207. The topological polar surface area (TPSA) is 107 Å². The van der Waals surface area contributed by atoms with Gasteiger partial charge in [-0.2, -0.15) is 0 Å². The Kier molecular flexibility index (Phi) is 10.4. The Labute approximate surface area is 247 Å². The molecule has 0 aromatic carbocycles. The fraction of sp³-hybridized carbons (Fsp3) is 0.848. The van der Waals surface area contributed by atoms with Crippen molar-refractivity contribution in [1.82, 2.24) is 4.90 Å². The molecule has 2 fully saturated rings. The number of carbonyl (C=O) groups is 5. The van der Waals surface area contributed by atoms with Crippen LogP contribution in [0.1, 0.15) is 116 Å². The fourth-order valence-corrected chi connectivity index (χ4v) is 7.03. The lowest BCUT2D eigenvalue weighted by Crippen LogP contribution is -2.58. The van der Waals surface area contributed by atoms with Gasteiger partial charge >= 0.3 is 17.9 Å². The first kappa shape index (κ1) is 34.9. The number of amides is 1. The molecule has 0 aliphatic carbocycles. The second-order valence-corrected chi connectivity index (χ2v) is 15.8. The molecule has 0 N–H and O–H groups in total. The summed E-state index contributed by atoms with van der Waals surface area (Å²) in [6, 6.07) is -0.145. The van der Waals surface area contributed by atoms with Gasteiger partial charge in [0.25, 0.3) is 0 Å². The first-order valence-corrected chi connectivity index (χ1v) is 15.2. The number of likely N-dealkylation sites (tertiary alicyclic amines) is 1. The number of carbonyl (C=O) groups excluding carboxylic acids is 5. The Morgan fingerprint density at radius 2 is 1.46 bits per heavy atom. The van der Waals surface area contributed by atoms with Crippen LogP contribution in [0.3, 0.4) is 0 Å². The lowest BCUT2D eigenvalue weighted by molar-refractivity contribution is -0.163. The molecule has 2 aliphatic heterocycles. The Hall–Kier alpha value is -2.25. The number of esters is 3. The van der Waals surface area contributed by atoms with Crippen LogP contribution in [0, 0.1) is 45.3 Å². The third-order valence-corrected chi connectivity index (χ3v) is 10.4. The van der Waals surface area contributed by atoms with E-state index in [-0.39, 0.29) is 41.4 Å². The number of cyclic esters (lactones) is 2. The van der Waals surface area contributed by atoms with Gasteiger partial charge in [0.05, 0.1) is 11.8 Å². The summed E-state index contributed by atoms with van der Waals surface area (Å²) in [5.74, 6) is -3.85. The van der Waals surface area contributed by atoms with Crippen molar-refractivity contribution in [2.24, 2.45) is 45.3 Å². The van der Waals surface area contributed by atoms with Crippen LogP contribution in [0.25, 0.3) is 0 Å². The predicted molar refractivity (Wildman–Crippen MR) is 157 cm³/mol. The molecule has 0 saturated carbocycles. The minimum absolute atomic E-state index is 0.0751. The molecule has 0 aromatic heterocycles. The van der Waals surface area contributed by atoms with E-state index in [0.29, 0.717) is 13.0 Å². The molecule has 2 aliphatic rings. The highest BCUT2D eigenvalue weighted by molar-refractivity contribution is 5.97. The van der Waals surface area contributed by atoms with E-state index in [4.69, 9.17) is 9.47 Å². The standard InChI is InChI=1S/C33H55NO7/c1-19(2)27(40-24(37)17-20(3)35)21(4)31(8,9)25-26(29(39)41-28(25)38)33(12,13)32(10,11)22(18-30(5,6)7)34-16-14-15-23(34)36/h19,21-22,25-27H,14-18H2,1-13H3. The number of hydrogen-bond acceptors (Lipinski definition) is 7. The molecule has 5 atom stereocenters. The molecular weight excluding hydrogens is 522 g/mol. The van der Waals surface area contributed by atoms with Crippen LogP contribution in [0.5, 0.6) is 0 Å². The lowest BCUT2D eigenvalue weighted by atomic mass is 9.50. The summed E-state index contributed by atoms with van der Waals surface area (Å²) in [6.45, 7) is 26.4. The average molecular weight is 578 g/mol. The largest absolute Gasteiger partial charge is 0.461 e. The van der Waals surface area contributed by atoms with Crippen molar-refractivity contribution in [3.63, 3.8) is 0 Å². The minimum atomic E-state index is -0.810. The number of Topliss-reactive ketones (excluding diaryl/α,β-unsaturated/α-hetero) is 1. The second-order valence-electron chi connectivity index (χ2n) is 15.8. The number of nitrogens with zero attached hydrogens (tertiary/aromatic N) is 1. The van der Waals surface area contributed by atoms with E-state index in [0.717, 1.165) is 12.8 Å². The van der Waals surface area contributed by atoms with E-state index >= 15 is 0 Å². The zero-order valence-electron chi connectivity index (χ0n) is 27.8. The van der Waals surface area contributed by atoms with E-state index < -0.39 is 52.1 Å². The molecule has 1 amide bonds. The van der Waals surface area contributed by atoms with Crippen LogP contribution in [0.2, 0.25) is 0 Å². The average Bonchev–Trinajstić information content (AvgIpc) is 3.35. The van der Waals surface area contributed by atoms with Crippen molar-refractivity contribution in [2.75, 3.05) is 6.54 Å². The Morgan fingerprint density at radius 3 is 1.90 bits per heavy atom. The van der Waals surface area contributed by atoms with E-state index in [2.05, 4.69) is 34.6 Å². The normalized spacial score (nSPS) is 23.1. The molecule has 8 nitrogen and oxygen atoms in total. The molecule has 2 saturated heterocycles. The van der Waals surface area contributed by atoms with Gasteiger partial charge in [0.1, 0.15) is 18.3 Å². The highest BCUT2D eigenvalue weighted by Gasteiger charge is 2.64. The monoisotopic (exact) mass is 577 g/mol. The van der Waals surface area contributed by atoms with Crippen molar-refractivity contribution < 1.29 is 33.4 Å². The van der Waals surface area contributed by atoms with E-state index in [9.17, 15) is 24.0 Å². The van der Waals surface area contributed by atoms with Crippen molar-refractivity contribution in [2.45, 2.75) is 128 Å². The summed E-state index contributed by atoms with van der Waals surface area (Å²) in [7, 11) is 0. The summed E-state index contributed by atoms with van der Waals surface area (Å²) in [6.07, 6.45) is 1.19. The van der Waals surface area contributed by atoms with Crippen LogP contribution >= 0.6 is 0 Å². The number of rotatable bonds is 12. The van der Waals surface area contributed by atoms with E-state index in [1.54, 1.807) is 0 Å². The molecule has 0 spiro atoms. The summed E-state index contributed by atoms with van der Waals surface area (Å²) in [4.78, 5) is 66.2. The summed E-state index contributed by atoms with van der Waals surface area (Å²) in [5, 5.41) is 0. The van der Waals surface area contributed by atoms with Gasteiger partial charge in [0.2, 0.25) is 5.91 Å². The molecule has 0 radical (unpaired) electrons. The third kappa shape index (κ3) is 7.22. The fourth-order valence-electron chi connectivity index (χ4n) is 7.03. The highest BCUT2D eigenvalue weighted by atomic mass is 16.6. The van der Waals surface area contributed by atoms with Crippen LogP contribution in [0.4, 0.5) is 0 Å².